The first-order valence-electron chi connectivity index (χ1n) is 9.07. The van der Waals surface area contributed by atoms with E-state index in [-0.39, 0.29) is 11.3 Å². The highest BCUT2D eigenvalue weighted by Crippen LogP contribution is 2.33. The van der Waals surface area contributed by atoms with Crippen LogP contribution in [-0.2, 0) is 0 Å². The third-order valence-corrected chi connectivity index (χ3v) is 5.14. The number of rotatable bonds is 5. The van der Waals surface area contributed by atoms with Gasteiger partial charge in [-0.2, -0.15) is 0 Å². The number of benzene rings is 2. The van der Waals surface area contributed by atoms with Crippen LogP contribution in [0.2, 0.25) is 5.02 Å². The van der Waals surface area contributed by atoms with Crippen molar-refractivity contribution in [3.63, 3.8) is 0 Å². The smallest absolute Gasteiger partial charge is 0.293 e. The summed E-state index contributed by atoms with van der Waals surface area (Å²) in [5, 5.41) is 14.7. The average Bonchev–Trinajstić information content (AvgIpc) is 2.67. The van der Waals surface area contributed by atoms with Gasteiger partial charge in [0.1, 0.15) is 11.4 Å². The molecule has 1 fully saturated rings. The van der Waals surface area contributed by atoms with E-state index in [9.17, 15) is 14.9 Å². The van der Waals surface area contributed by atoms with Crippen LogP contribution >= 0.6 is 11.6 Å². The first-order chi connectivity index (χ1) is 13.4. The summed E-state index contributed by atoms with van der Waals surface area (Å²) in [6.45, 7) is 3.69. The Balaban J connectivity index is 1.84. The molecule has 2 aromatic carbocycles. The van der Waals surface area contributed by atoms with Gasteiger partial charge in [0.05, 0.1) is 17.1 Å². The SMILES string of the molecule is COc1ccc(NC(=O)c2ccc(N3CCC[C@@H](C)C3)c([N+](=O)[O-])c2)cc1Cl. The molecule has 1 saturated heterocycles. The monoisotopic (exact) mass is 403 g/mol. The van der Waals surface area contributed by atoms with E-state index in [0.29, 0.717) is 28.1 Å². The number of ether oxygens (including phenoxy) is 1. The second-order valence-corrected chi connectivity index (χ2v) is 7.36. The summed E-state index contributed by atoms with van der Waals surface area (Å²) in [6.07, 6.45) is 2.12. The molecule has 1 aliphatic rings. The van der Waals surface area contributed by atoms with Crippen molar-refractivity contribution in [2.45, 2.75) is 19.8 Å². The van der Waals surface area contributed by atoms with Gasteiger partial charge in [0.25, 0.3) is 11.6 Å². The van der Waals surface area contributed by atoms with Gasteiger partial charge in [0, 0.05) is 30.4 Å². The number of anilines is 2. The Morgan fingerprint density at radius 2 is 2.11 bits per heavy atom. The fourth-order valence-electron chi connectivity index (χ4n) is 3.43. The van der Waals surface area contributed by atoms with E-state index in [0.717, 1.165) is 25.9 Å². The van der Waals surface area contributed by atoms with Crippen molar-refractivity contribution in [2.75, 3.05) is 30.4 Å². The molecular weight excluding hydrogens is 382 g/mol. The fourth-order valence-corrected chi connectivity index (χ4v) is 3.69. The number of hydrogen-bond donors (Lipinski definition) is 1. The van der Waals surface area contributed by atoms with Gasteiger partial charge in [-0.1, -0.05) is 18.5 Å². The van der Waals surface area contributed by atoms with Gasteiger partial charge in [-0.3, -0.25) is 14.9 Å². The molecule has 1 atom stereocenters. The number of nitro groups is 1. The maximum Gasteiger partial charge on any atom is 0.293 e. The molecule has 3 rings (SSSR count). The predicted molar refractivity (Wildman–Crippen MR) is 110 cm³/mol. The third-order valence-electron chi connectivity index (χ3n) is 4.84. The van der Waals surface area contributed by atoms with Gasteiger partial charge in [0.2, 0.25) is 0 Å². The Morgan fingerprint density at radius 1 is 1.32 bits per heavy atom. The minimum Gasteiger partial charge on any atom is -0.495 e. The molecule has 1 aliphatic heterocycles. The zero-order valence-electron chi connectivity index (χ0n) is 15.8. The third kappa shape index (κ3) is 4.36. The van der Waals surface area contributed by atoms with E-state index in [4.69, 9.17) is 16.3 Å². The molecule has 28 heavy (non-hydrogen) atoms. The average molecular weight is 404 g/mol. The molecule has 0 radical (unpaired) electrons. The number of nitrogens with one attached hydrogen (secondary N) is 1. The summed E-state index contributed by atoms with van der Waals surface area (Å²) in [5.41, 5.74) is 1.19. The van der Waals surface area contributed by atoms with Gasteiger partial charge in [-0.25, -0.2) is 0 Å². The Hall–Kier alpha value is -2.80. The molecule has 0 aromatic heterocycles. The fraction of sp³-hybridized carbons (Fsp3) is 0.350. The number of methoxy groups -OCH3 is 1. The molecule has 0 unspecified atom stereocenters. The lowest BCUT2D eigenvalue weighted by Gasteiger charge is -2.32. The van der Waals surface area contributed by atoms with E-state index in [1.54, 1.807) is 30.3 Å². The van der Waals surface area contributed by atoms with Crippen LogP contribution in [0.15, 0.2) is 36.4 Å². The molecule has 2 aromatic rings. The maximum atomic E-state index is 12.6. The summed E-state index contributed by atoms with van der Waals surface area (Å²) in [6, 6.07) is 9.46. The summed E-state index contributed by atoms with van der Waals surface area (Å²) in [5.74, 6) is 0.537. The van der Waals surface area contributed by atoms with E-state index < -0.39 is 10.8 Å². The van der Waals surface area contributed by atoms with Crippen molar-refractivity contribution in [1.29, 1.82) is 0 Å². The minimum absolute atomic E-state index is 0.0606. The van der Waals surface area contributed by atoms with Crippen LogP contribution in [0.3, 0.4) is 0 Å². The van der Waals surface area contributed by atoms with Gasteiger partial charge in [-0.15, -0.1) is 0 Å². The largest absolute Gasteiger partial charge is 0.495 e. The van der Waals surface area contributed by atoms with Gasteiger partial charge < -0.3 is 15.0 Å². The Kier molecular flexibility index (Phi) is 6.04. The molecule has 1 heterocycles. The van der Waals surface area contributed by atoms with Gasteiger partial charge >= 0.3 is 0 Å². The van der Waals surface area contributed by atoms with E-state index >= 15 is 0 Å². The van der Waals surface area contributed by atoms with Crippen molar-refractivity contribution in [3.05, 3.63) is 57.1 Å². The number of piperidine rings is 1. The molecule has 7 nitrogen and oxygen atoms in total. The molecule has 1 amide bonds. The first kappa shape index (κ1) is 19.9. The number of halogens is 1. The lowest BCUT2D eigenvalue weighted by Crippen LogP contribution is -2.34. The second-order valence-electron chi connectivity index (χ2n) is 6.96. The van der Waals surface area contributed by atoms with Crippen LogP contribution in [0.25, 0.3) is 0 Å². The molecular formula is C20H22ClN3O4. The summed E-state index contributed by atoms with van der Waals surface area (Å²) >= 11 is 6.07. The molecule has 0 saturated carbocycles. The Morgan fingerprint density at radius 3 is 2.75 bits per heavy atom. The van der Waals surface area contributed by atoms with Crippen molar-refractivity contribution >= 4 is 34.6 Å². The molecule has 0 spiro atoms. The van der Waals surface area contributed by atoms with Crippen LogP contribution in [0, 0.1) is 16.0 Å². The van der Waals surface area contributed by atoms with Crippen LogP contribution in [0.5, 0.6) is 5.75 Å². The maximum absolute atomic E-state index is 12.6. The van der Waals surface area contributed by atoms with Crippen LogP contribution in [-0.4, -0.2) is 31.0 Å². The van der Waals surface area contributed by atoms with E-state index in [1.165, 1.54) is 13.2 Å². The molecule has 148 valence electrons. The lowest BCUT2D eigenvalue weighted by atomic mass is 9.99. The Labute approximate surface area is 168 Å². The molecule has 0 bridgehead atoms. The summed E-state index contributed by atoms with van der Waals surface area (Å²) in [7, 11) is 1.50. The number of nitrogens with zero attached hydrogens (tertiary/aromatic N) is 2. The molecule has 8 heteroatoms. The number of nitro benzene ring substituents is 1. The number of amides is 1. The van der Waals surface area contributed by atoms with Gasteiger partial charge in [-0.05, 0) is 49.1 Å². The quantitative estimate of drug-likeness (QED) is 0.575. The number of carbonyl (C=O) groups is 1. The lowest BCUT2D eigenvalue weighted by molar-refractivity contribution is -0.384. The highest BCUT2D eigenvalue weighted by Gasteiger charge is 2.25. The van der Waals surface area contributed by atoms with Gasteiger partial charge in [0.15, 0.2) is 0 Å². The summed E-state index contributed by atoms with van der Waals surface area (Å²) in [4.78, 5) is 25.8. The predicted octanol–water partition coefficient (Wildman–Crippen LogP) is 4.75. The number of carbonyl (C=O) groups excluding carboxylic acids is 1. The molecule has 0 aliphatic carbocycles. The summed E-state index contributed by atoms with van der Waals surface area (Å²) < 4.78 is 5.09. The van der Waals surface area contributed by atoms with Crippen molar-refractivity contribution < 1.29 is 14.5 Å². The highest BCUT2D eigenvalue weighted by atomic mass is 35.5. The zero-order valence-corrected chi connectivity index (χ0v) is 16.5. The first-order valence-corrected chi connectivity index (χ1v) is 9.45. The van der Waals surface area contributed by atoms with Crippen molar-refractivity contribution in [3.8, 4) is 5.75 Å². The zero-order chi connectivity index (χ0) is 20.3. The van der Waals surface area contributed by atoms with E-state index in [2.05, 4.69) is 12.2 Å². The van der Waals surface area contributed by atoms with Crippen molar-refractivity contribution in [2.24, 2.45) is 5.92 Å². The highest BCUT2D eigenvalue weighted by molar-refractivity contribution is 6.32. The molecule has 1 N–H and O–H groups in total. The van der Waals surface area contributed by atoms with E-state index in [1.807, 2.05) is 4.90 Å². The number of hydrogen-bond acceptors (Lipinski definition) is 5. The normalized spacial score (nSPS) is 16.5. The minimum atomic E-state index is -0.442. The Bertz CT molecular complexity index is 903. The standard InChI is InChI=1S/C20H22ClN3O4/c1-13-4-3-9-23(12-13)17-7-5-14(10-18(17)24(26)27)20(25)22-15-6-8-19(28-2)16(21)11-15/h5-8,10-11,13H,3-4,9,12H2,1-2H3,(H,22,25)/t13-/m1/s1. The van der Waals surface area contributed by atoms with Crippen molar-refractivity contribution in [1.82, 2.24) is 0 Å². The van der Waals surface area contributed by atoms with Crippen LogP contribution < -0.4 is 15.0 Å². The van der Waals surface area contributed by atoms with Crippen LogP contribution in [0.4, 0.5) is 17.1 Å². The van der Waals surface area contributed by atoms with Crippen LogP contribution in [0.1, 0.15) is 30.1 Å². The topological polar surface area (TPSA) is 84.7 Å². The second kappa shape index (κ2) is 8.48.